The Morgan fingerprint density at radius 3 is 2.41 bits per heavy atom. The quantitative estimate of drug-likeness (QED) is 0.675. The summed E-state index contributed by atoms with van der Waals surface area (Å²) >= 11 is 0. The van der Waals surface area contributed by atoms with Gasteiger partial charge in [0.05, 0.1) is 6.10 Å². The average Bonchev–Trinajstić information content (AvgIpc) is 2.71. The van der Waals surface area contributed by atoms with Gasteiger partial charge >= 0.3 is 0 Å². The van der Waals surface area contributed by atoms with Crippen molar-refractivity contribution in [2.24, 2.45) is 5.73 Å². The largest absolute Gasteiger partial charge is 0.454 e. The number of halogens is 3. The second-order valence-corrected chi connectivity index (χ2v) is 6.71. The fourth-order valence-electron chi connectivity index (χ4n) is 3.09. The zero-order chi connectivity index (χ0) is 19.9. The Kier molecular flexibility index (Phi) is 8.82. The van der Waals surface area contributed by atoms with E-state index in [0.29, 0.717) is 37.6 Å². The van der Waals surface area contributed by atoms with Crippen LogP contribution in [0.25, 0.3) is 0 Å². The molecule has 0 spiro atoms. The van der Waals surface area contributed by atoms with Gasteiger partial charge in [0.2, 0.25) is 0 Å². The number of amides is 1. The molecule has 0 bridgehead atoms. The Labute approximate surface area is 175 Å². The third kappa shape index (κ3) is 6.39. The van der Waals surface area contributed by atoms with E-state index in [4.69, 9.17) is 15.2 Å². The Bertz CT molecular complexity index is 797. The van der Waals surface area contributed by atoms with Gasteiger partial charge in [0, 0.05) is 31.3 Å². The summed E-state index contributed by atoms with van der Waals surface area (Å²) in [5, 5.41) is 0. The summed E-state index contributed by atoms with van der Waals surface area (Å²) in [5.74, 6) is -1.21. The molecule has 0 aromatic heterocycles. The summed E-state index contributed by atoms with van der Waals surface area (Å²) < 4.78 is 37.8. The fourth-order valence-corrected chi connectivity index (χ4v) is 3.09. The van der Waals surface area contributed by atoms with E-state index in [1.807, 2.05) is 0 Å². The molecule has 8 heteroatoms. The van der Waals surface area contributed by atoms with Gasteiger partial charge < -0.3 is 20.1 Å². The number of piperidine rings is 1. The molecule has 2 N–H and O–H groups in total. The summed E-state index contributed by atoms with van der Waals surface area (Å²) in [4.78, 5) is 14.5. The van der Waals surface area contributed by atoms with Crippen LogP contribution in [0.5, 0.6) is 11.5 Å². The first-order chi connectivity index (χ1) is 13.6. The molecule has 0 saturated carbocycles. The molecule has 2 aromatic rings. The van der Waals surface area contributed by atoms with Gasteiger partial charge in [-0.05, 0) is 62.2 Å². The van der Waals surface area contributed by atoms with E-state index < -0.39 is 11.6 Å². The molecule has 0 unspecified atom stereocenters. The van der Waals surface area contributed by atoms with Crippen LogP contribution in [-0.2, 0) is 4.74 Å². The van der Waals surface area contributed by atoms with Crippen molar-refractivity contribution in [3.63, 3.8) is 0 Å². The number of nitrogens with two attached hydrogens (primary N) is 1. The minimum atomic E-state index is -0.781. The highest BCUT2D eigenvalue weighted by Crippen LogP contribution is 2.25. The smallest absolute Gasteiger partial charge is 0.253 e. The van der Waals surface area contributed by atoms with Crippen LogP contribution in [0, 0.1) is 11.6 Å². The summed E-state index contributed by atoms with van der Waals surface area (Å²) in [6.45, 7) is 2.56. The van der Waals surface area contributed by atoms with E-state index in [-0.39, 0.29) is 30.2 Å². The third-order valence-electron chi connectivity index (χ3n) is 4.65. The molecule has 0 radical (unpaired) electrons. The lowest BCUT2D eigenvalue weighted by molar-refractivity contribution is 0.00844. The maximum Gasteiger partial charge on any atom is 0.253 e. The highest BCUT2D eigenvalue weighted by atomic mass is 35.5. The Balaban J connectivity index is 0.00000300. The number of rotatable bonds is 7. The molecule has 0 atom stereocenters. The number of hydrogen-bond donors (Lipinski definition) is 1. The van der Waals surface area contributed by atoms with Crippen molar-refractivity contribution in [1.29, 1.82) is 0 Å². The van der Waals surface area contributed by atoms with Gasteiger partial charge in [-0.2, -0.15) is 0 Å². The van der Waals surface area contributed by atoms with Crippen molar-refractivity contribution in [2.45, 2.75) is 25.4 Å². The lowest BCUT2D eigenvalue weighted by Crippen LogP contribution is -2.41. The first-order valence-electron chi connectivity index (χ1n) is 9.40. The van der Waals surface area contributed by atoms with Gasteiger partial charge in [-0.1, -0.05) is 0 Å². The molecule has 5 nitrogen and oxygen atoms in total. The van der Waals surface area contributed by atoms with Crippen molar-refractivity contribution in [3.05, 3.63) is 59.7 Å². The van der Waals surface area contributed by atoms with Crippen LogP contribution in [0.15, 0.2) is 42.5 Å². The van der Waals surface area contributed by atoms with Crippen molar-refractivity contribution in [2.75, 3.05) is 26.2 Å². The molecule has 29 heavy (non-hydrogen) atoms. The van der Waals surface area contributed by atoms with Crippen molar-refractivity contribution in [1.82, 2.24) is 4.90 Å². The molecule has 1 amide bonds. The first kappa shape index (κ1) is 23.1. The zero-order valence-electron chi connectivity index (χ0n) is 16.0. The van der Waals surface area contributed by atoms with Gasteiger partial charge in [-0.3, -0.25) is 4.79 Å². The highest BCUT2D eigenvalue weighted by molar-refractivity contribution is 5.94. The van der Waals surface area contributed by atoms with Crippen LogP contribution >= 0.6 is 12.4 Å². The van der Waals surface area contributed by atoms with Crippen LogP contribution in [0.2, 0.25) is 0 Å². The maximum absolute atomic E-state index is 13.7. The van der Waals surface area contributed by atoms with E-state index in [1.165, 1.54) is 6.07 Å². The first-order valence-corrected chi connectivity index (χ1v) is 9.40. The second kappa shape index (κ2) is 11.1. The van der Waals surface area contributed by atoms with E-state index in [2.05, 4.69) is 0 Å². The molecular weight excluding hydrogens is 402 g/mol. The molecule has 1 fully saturated rings. The molecule has 2 aromatic carbocycles. The number of likely N-dealkylation sites (tertiary alicyclic amines) is 1. The molecule has 1 aliphatic heterocycles. The van der Waals surface area contributed by atoms with Crippen molar-refractivity contribution in [3.8, 4) is 11.5 Å². The highest BCUT2D eigenvalue weighted by Gasteiger charge is 2.24. The number of benzene rings is 2. The summed E-state index contributed by atoms with van der Waals surface area (Å²) in [5.41, 5.74) is 6.00. The predicted octanol–water partition coefficient (Wildman–Crippen LogP) is 4.15. The van der Waals surface area contributed by atoms with Crippen LogP contribution in [0.3, 0.4) is 0 Å². The average molecular weight is 427 g/mol. The topological polar surface area (TPSA) is 64.8 Å². The molecule has 0 aliphatic carbocycles. The van der Waals surface area contributed by atoms with E-state index in [0.717, 1.165) is 31.4 Å². The van der Waals surface area contributed by atoms with Gasteiger partial charge in [-0.15, -0.1) is 12.4 Å². The molecule has 3 rings (SSSR count). The molecule has 158 valence electrons. The molecule has 1 saturated heterocycles. The third-order valence-corrected chi connectivity index (χ3v) is 4.65. The molecule has 1 aliphatic rings. The van der Waals surface area contributed by atoms with Crippen LogP contribution in [0.4, 0.5) is 8.78 Å². The van der Waals surface area contributed by atoms with Gasteiger partial charge in [-0.25, -0.2) is 8.78 Å². The van der Waals surface area contributed by atoms with Crippen molar-refractivity contribution < 1.29 is 23.0 Å². The lowest BCUT2D eigenvalue weighted by atomic mass is 10.1. The second-order valence-electron chi connectivity index (χ2n) is 6.71. The molecular formula is C21H25ClF2N2O3. The SMILES string of the molecule is Cl.NCCCOC1CCN(C(=O)c2ccc(Oc3ccc(F)cc3F)cc2)CC1. The Morgan fingerprint density at radius 2 is 1.79 bits per heavy atom. The van der Waals surface area contributed by atoms with Crippen molar-refractivity contribution >= 4 is 18.3 Å². The van der Waals surface area contributed by atoms with Crippen LogP contribution < -0.4 is 10.5 Å². The summed E-state index contributed by atoms with van der Waals surface area (Å²) in [7, 11) is 0. The van der Waals surface area contributed by atoms with Crippen LogP contribution in [-0.4, -0.2) is 43.2 Å². The van der Waals surface area contributed by atoms with E-state index in [1.54, 1.807) is 29.2 Å². The van der Waals surface area contributed by atoms with Gasteiger partial charge in [0.15, 0.2) is 11.6 Å². The molecule has 1 heterocycles. The van der Waals surface area contributed by atoms with E-state index in [9.17, 15) is 13.6 Å². The zero-order valence-corrected chi connectivity index (χ0v) is 16.8. The number of ether oxygens (including phenoxy) is 2. The minimum absolute atomic E-state index is 0. The minimum Gasteiger partial charge on any atom is -0.454 e. The standard InChI is InChI=1S/C21H24F2N2O3.ClH/c22-16-4-7-20(19(23)14-16)28-18-5-2-15(3-6-18)21(26)25-11-8-17(9-12-25)27-13-1-10-24;/h2-7,14,17H,1,8-13,24H2;1H. The van der Waals surface area contributed by atoms with E-state index >= 15 is 0 Å². The summed E-state index contributed by atoms with van der Waals surface area (Å²) in [6.07, 6.45) is 2.63. The van der Waals surface area contributed by atoms with Gasteiger partial charge in [0.1, 0.15) is 11.6 Å². The van der Waals surface area contributed by atoms with Gasteiger partial charge in [0.25, 0.3) is 5.91 Å². The predicted molar refractivity (Wildman–Crippen MR) is 109 cm³/mol. The number of carbonyl (C=O) groups excluding carboxylic acids is 1. The lowest BCUT2D eigenvalue weighted by Gasteiger charge is -2.32. The number of nitrogens with zero attached hydrogens (tertiary/aromatic N) is 1. The number of hydrogen-bond acceptors (Lipinski definition) is 4. The Morgan fingerprint density at radius 1 is 1.10 bits per heavy atom. The fraction of sp³-hybridized carbons (Fsp3) is 0.381. The van der Waals surface area contributed by atoms with Crippen LogP contribution in [0.1, 0.15) is 29.6 Å². The normalized spacial score (nSPS) is 14.4. The Hall–Kier alpha value is -2.22. The maximum atomic E-state index is 13.7. The number of carbonyl (C=O) groups is 1. The monoisotopic (exact) mass is 426 g/mol. The summed E-state index contributed by atoms with van der Waals surface area (Å²) in [6, 6.07) is 9.59.